The number of pyridine rings is 1. The van der Waals surface area contributed by atoms with E-state index in [0.29, 0.717) is 22.6 Å². The lowest BCUT2D eigenvalue weighted by molar-refractivity contribution is 0.175. The zero-order valence-electron chi connectivity index (χ0n) is 13.8. The molecule has 1 heterocycles. The fraction of sp³-hybridized carbons (Fsp3) is 0.263. The lowest BCUT2D eigenvalue weighted by Gasteiger charge is -2.15. The second-order valence-corrected chi connectivity index (χ2v) is 6.30. The van der Waals surface area contributed by atoms with E-state index < -0.39 is 0 Å². The number of nitrogens with one attached hydrogen (secondary N) is 1. The third-order valence-corrected chi connectivity index (χ3v) is 4.64. The molecule has 0 bridgehead atoms. The van der Waals surface area contributed by atoms with E-state index in [2.05, 4.69) is 24.1 Å². The molecule has 24 heavy (non-hydrogen) atoms. The van der Waals surface area contributed by atoms with Gasteiger partial charge in [0.15, 0.2) is 0 Å². The van der Waals surface area contributed by atoms with Crippen molar-refractivity contribution in [1.29, 1.82) is 5.26 Å². The molecule has 0 aliphatic carbocycles. The molecule has 1 unspecified atom stereocenters. The van der Waals surface area contributed by atoms with Gasteiger partial charge in [-0.25, -0.2) is 0 Å². The van der Waals surface area contributed by atoms with Crippen LogP contribution in [-0.4, -0.2) is 17.5 Å². The maximum absolute atomic E-state index is 12.0. The minimum atomic E-state index is -0.227. The molecule has 0 fully saturated rings. The monoisotopic (exact) mass is 340 g/mol. The highest BCUT2D eigenvalue weighted by Gasteiger charge is 2.16. The van der Waals surface area contributed by atoms with Gasteiger partial charge in [0.2, 0.25) is 5.56 Å². The highest BCUT2D eigenvalue weighted by atomic mass is 32.2. The summed E-state index contributed by atoms with van der Waals surface area (Å²) in [6.07, 6.45) is 5.79. The lowest BCUT2D eigenvalue weighted by Crippen LogP contribution is -2.12. The topological polar surface area (TPSA) is 65.9 Å². The molecule has 1 N–H and O–H groups in total. The predicted octanol–water partition coefficient (Wildman–Crippen LogP) is 4.33. The number of hydrogen-bond acceptors (Lipinski definition) is 4. The van der Waals surface area contributed by atoms with E-state index in [1.807, 2.05) is 36.4 Å². The minimum absolute atomic E-state index is 0.165. The molecule has 1 atom stereocenters. The fourth-order valence-corrected chi connectivity index (χ4v) is 3.28. The number of ether oxygens (including phenoxy) is 1. The van der Waals surface area contributed by atoms with Crippen LogP contribution in [0.25, 0.3) is 11.1 Å². The maximum atomic E-state index is 12.0. The molecule has 124 valence electrons. The Morgan fingerprint density at radius 2 is 2.08 bits per heavy atom. The highest BCUT2D eigenvalue weighted by molar-refractivity contribution is 7.99. The van der Waals surface area contributed by atoms with Crippen LogP contribution in [-0.2, 0) is 4.74 Å². The van der Waals surface area contributed by atoms with Crippen LogP contribution < -0.4 is 5.56 Å². The first-order valence-corrected chi connectivity index (χ1v) is 8.64. The normalized spacial score (nSPS) is 12.2. The number of nitriles is 1. The Balaban J connectivity index is 2.40. The van der Waals surface area contributed by atoms with Gasteiger partial charge in [-0.2, -0.15) is 5.26 Å². The minimum Gasteiger partial charge on any atom is -0.370 e. The zero-order valence-corrected chi connectivity index (χ0v) is 14.6. The number of nitrogens with zero attached hydrogens (tertiary/aromatic N) is 1. The summed E-state index contributed by atoms with van der Waals surface area (Å²) in [7, 11) is 1.63. The number of thioether (sulfide) groups is 1. The molecule has 2 aromatic rings. The number of methoxy groups -OCH3 is 1. The van der Waals surface area contributed by atoms with Crippen molar-refractivity contribution < 1.29 is 4.74 Å². The first-order chi connectivity index (χ1) is 11.7. The predicted molar refractivity (Wildman–Crippen MR) is 97.9 cm³/mol. The Hall–Kier alpha value is -2.29. The van der Waals surface area contributed by atoms with Crippen molar-refractivity contribution in [3.63, 3.8) is 0 Å². The molecule has 1 aromatic heterocycles. The second kappa shape index (κ2) is 9.11. The Morgan fingerprint density at radius 1 is 1.33 bits per heavy atom. The van der Waals surface area contributed by atoms with Crippen molar-refractivity contribution in [1.82, 2.24) is 4.98 Å². The van der Waals surface area contributed by atoms with Crippen LogP contribution in [0, 0.1) is 11.3 Å². The number of hydrogen-bond donors (Lipinski definition) is 1. The molecule has 0 saturated carbocycles. The maximum Gasteiger partial charge on any atom is 0.249 e. The third-order valence-electron chi connectivity index (χ3n) is 3.45. The van der Waals surface area contributed by atoms with Gasteiger partial charge >= 0.3 is 0 Å². The molecular formula is C19H20N2O2S. The summed E-state index contributed by atoms with van der Waals surface area (Å²) in [5.74, 6) is 0. The number of benzene rings is 1. The number of aromatic amines is 1. The van der Waals surface area contributed by atoms with Crippen molar-refractivity contribution in [2.75, 3.05) is 7.11 Å². The number of H-pyrrole nitrogens is 1. The number of rotatable bonds is 7. The molecule has 0 amide bonds. The Morgan fingerprint density at radius 3 is 2.71 bits per heavy atom. The van der Waals surface area contributed by atoms with Crippen LogP contribution in [0.1, 0.15) is 25.3 Å². The molecule has 5 heteroatoms. The van der Waals surface area contributed by atoms with Gasteiger partial charge in [0.05, 0.1) is 10.6 Å². The zero-order chi connectivity index (χ0) is 17.4. The van der Waals surface area contributed by atoms with Crippen LogP contribution in [0.4, 0.5) is 0 Å². The quantitative estimate of drug-likeness (QED) is 0.463. The Labute approximate surface area is 146 Å². The molecule has 0 aliphatic heterocycles. The van der Waals surface area contributed by atoms with E-state index in [9.17, 15) is 10.1 Å². The molecule has 0 spiro atoms. The van der Waals surface area contributed by atoms with E-state index in [0.717, 1.165) is 12.0 Å². The van der Waals surface area contributed by atoms with Crippen molar-refractivity contribution in [2.24, 2.45) is 0 Å². The standard InChI is InChI=1S/C19H20N2O2S/c1-3-4-6-11-18(23-2)24-19-16(13-20)15(12-17(22)21-19)14-9-7-5-8-10-14/h4-10,12,18H,3,11H2,1-2H3,(H,21,22)/b6-4-. The van der Waals surface area contributed by atoms with Gasteiger partial charge in [0.25, 0.3) is 0 Å². The van der Waals surface area contributed by atoms with Crippen molar-refractivity contribution in [3.8, 4) is 17.2 Å². The highest BCUT2D eigenvalue weighted by Crippen LogP contribution is 2.32. The van der Waals surface area contributed by atoms with Gasteiger partial charge in [0.1, 0.15) is 11.5 Å². The first-order valence-electron chi connectivity index (χ1n) is 7.76. The largest absolute Gasteiger partial charge is 0.370 e. The lowest BCUT2D eigenvalue weighted by atomic mass is 10.0. The van der Waals surface area contributed by atoms with E-state index in [-0.39, 0.29) is 11.0 Å². The van der Waals surface area contributed by atoms with Crippen LogP contribution in [0.2, 0.25) is 0 Å². The van der Waals surface area contributed by atoms with Gasteiger partial charge < -0.3 is 9.72 Å². The molecule has 2 rings (SSSR count). The van der Waals surface area contributed by atoms with E-state index in [1.165, 1.54) is 17.8 Å². The third kappa shape index (κ3) is 4.60. The second-order valence-electron chi connectivity index (χ2n) is 5.13. The average molecular weight is 340 g/mol. The van der Waals surface area contributed by atoms with Crippen LogP contribution >= 0.6 is 11.8 Å². The molecule has 1 aromatic carbocycles. The van der Waals surface area contributed by atoms with Crippen LogP contribution in [0.15, 0.2) is 58.4 Å². The average Bonchev–Trinajstić information content (AvgIpc) is 2.61. The van der Waals surface area contributed by atoms with Gasteiger partial charge in [-0.05, 0) is 12.0 Å². The summed E-state index contributed by atoms with van der Waals surface area (Å²) in [6.45, 7) is 2.07. The Kier molecular flexibility index (Phi) is 6.86. The molecule has 4 nitrogen and oxygen atoms in total. The van der Waals surface area contributed by atoms with E-state index >= 15 is 0 Å². The van der Waals surface area contributed by atoms with Crippen LogP contribution in [0.5, 0.6) is 0 Å². The van der Waals surface area contributed by atoms with Gasteiger partial charge in [-0.1, -0.05) is 61.2 Å². The first kappa shape index (κ1) is 18.1. The van der Waals surface area contributed by atoms with Crippen molar-refractivity contribution >= 4 is 11.8 Å². The summed E-state index contributed by atoms with van der Waals surface area (Å²) in [5, 5.41) is 10.2. The molecule has 0 radical (unpaired) electrons. The van der Waals surface area contributed by atoms with Gasteiger partial charge in [-0.15, -0.1) is 0 Å². The van der Waals surface area contributed by atoms with Gasteiger partial charge in [0, 0.05) is 25.2 Å². The summed E-state index contributed by atoms with van der Waals surface area (Å²) >= 11 is 1.36. The summed E-state index contributed by atoms with van der Waals surface area (Å²) < 4.78 is 5.47. The SMILES string of the molecule is CC/C=C\CC(OC)Sc1[nH]c(=O)cc(-c2ccccc2)c1C#N. The number of aromatic nitrogens is 1. The smallest absolute Gasteiger partial charge is 0.249 e. The van der Waals surface area contributed by atoms with Gasteiger partial charge in [-0.3, -0.25) is 4.79 Å². The van der Waals surface area contributed by atoms with Crippen molar-refractivity contribution in [2.45, 2.75) is 30.2 Å². The van der Waals surface area contributed by atoms with E-state index in [4.69, 9.17) is 4.74 Å². The van der Waals surface area contributed by atoms with Crippen molar-refractivity contribution in [3.05, 3.63) is 64.5 Å². The fourth-order valence-electron chi connectivity index (χ4n) is 2.28. The molecule has 0 aliphatic rings. The summed E-state index contributed by atoms with van der Waals surface area (Å²) in [6, 6.07) is 13.1. The summed E-state index contributed by atoms with van der Waals surface area (Å²) in [5.41, 5.74) is 1.56. The van der Waals surface area contributed by atoms with E-state index in [1.54, 1.807) is 7.11 Å². The molecule has 0 saturated heterocycles. The van der Waals surface area contributed by atoms with Crippen LogP contribution in [0.3, 0.4) is 0 Å². The summed E-state index contributed by atoms with van der Waals surface area (Å²) in [4.78, 5) is 14.8. The Bertz CT molecular complexity index is 791. The number of allylic oxidation sites excluding steroid dienone is 1. The molecular weight excluding hydrogens is 320 g/mol.